The van der Waals surface area contributed by atoms with E-state index in [0.717, 1.165) is 5.56 Å². The number of hydrogen-bond donors (Lipinski definition) is 1. The number of rotatable bonds is 7. The van der Waals surface area contributed by atoms with Crippen molar-refractivity contribution < 1.29 is 28.8 Å². The van der Waals surface area contributed by atoms with E-state index < -0.39 is 5.97 Å². The van der Waals surface area contributed by atoms with Crippen LogP contribution in [0.2, 0.25) is 0 Å². The van der Waals surface area contributed by atoms with Gasteiger partial charge in [-0.1, -0.05) is 30.3 Å². The first-order valence-corrected chi connectivity index (χ1v) is 6.85. The molecule has 122 valence electrons. The van der Waals surface area contributed by atoms with Gasteiger partial charge in [0.15, 0.2) is 11.5 Å². The average Bonchev–Trinajstić information content (AvgIpc) is 2.58. The average molecular weight is 318 g/mol. The Labute approximate surface area is 134 Å². The summed E-state index contributed by atoms with van der Waals surface area (Å²) >= 11 is 0. The summed E-state index contributed by atoms with van der Waals surface area (Å²) in [6.45, 7) is 0.201. The first-order valence-electron chi connectivity index (χ1n) is 6.85. The van der Waals surface area contributed by atoms with E-state index in [9.17, 15) is 9.90 Å². The van der Waals surface area contributed by atoms with Crippen molar-refractivity contribution in [2.75, 3.05) is 21.3 Å². The van der Waals surface area contributed by atoms with Gasteiger partial charge in [0.2, 0.25) is 11.5 Å². The molecule has 0 atom stereocenters. The number of aromatic carboxylic acids is 1. The molecule has 2 rings (SSSR count). The van der Waals surface area contributed by atoms with Crippen LogP contribution in [-0.2, 0) is 6.61 Å². The van der Waals surface area contributed by atoms with Gasteiger partial charge in [-0.15, -0.1) is 0 Å². The van der Waals surface area contributed by atoms with Crippen LogP contribution in [-0.4, -0.2) is 32.4 Å². The minimum absolute atomic E-state index is 0.0598. The van der Waals surface area contributed by atoms with E-state index in [1.165, 1.54) is 27.4 Å². The Morgan fingerprint density at radius 1 is 0.957 bits per heavy atom. The first-order chi connectivity index (χ1) is 11.1. The number of carboxylic acids is 1. The fourth-order valence-corrected chi connectivity index (χ4v) is 2.16. The van der Waals surface area contributed by atoms with Gasteiger partial charge in [0.1, 0.15) is 12.2 Å². The van der Waals surface area contributed by atoms with E-state index in [0.29, 0.717) is 0 Å². The minimum Gasteiger partial charge on any atom is -0.493 e. The van der Waals surface area contributed by atoms with Crippen LogP contribution < -0.4 is 18.9 Å². The van der Waals surface area contributed by atoms with Crippen molar-refractivity contribution in [2.45, 2.75) is 6.61 Å². The smallest absolute Gasteiger partial charge is 0.339 e. The van der Waals surface area contributed by atoms with Crippen molar-refractivity contribution in [1.29, 1.82) is 0 Å². The minimum atomic E-state index is -1.15. The van der Waals surface area contributed by atoms with E-state index in [1.807, 2.05) is 30.3 Å². The van der Waals surface area contributed by atoms with Gasteiger partial charge in [-0.3, -0.25) is 0 Å². The second kappa shape index (κ2) is 7.40. The van der Waals surface area contributed by atoms with Gasteiger partial charge in [-0.25, -0.2) is 4.79 Å². The second-order valence-electron chi connectivity index (χ2n) is 4.60. The van der Waals surface area contributed by atoms with E-state index >= 15 is 0 Å². The Morgan fingerprint density at radius 2 is 1.61 bits per heavy atom. The number of benzene rings is 2. The van der Waals surface area contributed by atoms with Gasteiger partial charge in [0.25, 0.3) is 0 Å². The SMILES string of the molecule is COc1cc(C(=O)O)c(OCc2ccccc2)c(OC)c1OC. The maximum atomic E-state index is 11.5. The normalized spacial score (nSPS) is 10.0. The molecule has 23 heavy (non-hydrogen) atoms. The summed E-state index contributed by atoms with van der Waals surface area (Å²) in [5.74, 6) is -0.328. The zero-order chi connectivity index (χ0) is 16.8. The van der Waals surface area contributed by atoms with Gasteiger partial charge in [0.05, 0.1) is 21.3 Å². The van der Waals surface area contributed by atoms with Crippen LogP contribution in [0, 0.1) is 0 Å². The molecule has 0 aliphatic carbocycles. The molecule has 0 aromatic heterocycles. The largest absolute Gasteiger partial charge is 0.493 e. The standard InChI is InChI=1S/C17H18O6/c1-20-13-9-12(17(18)19)14(16(22-3)15(13)21-2)23-10-11-7-5-4-6-8-11/h4-9H,10H2,1-3H3,(H,18,19). The van der Waals surface area contributed by atoms with Crippen molar-refractivity contribution in [1.82, 2.24) is 0 Å². The Morgan fingerprint density at radius 3 is 2.13 bits per heavy atom. The molecule has 1 N–H and O–H groups in total. The van der Waals surface area contributed by atoms with Crippen LogP contribution in [0.4, 0.5) is 0 Å². The Balaban J connectivity index is 2.48. The molecule has 0 radical (unpaired) electrons. The molecule has 6 heteroatoms. The number of ether oxygens (including phenoxy) is 4. The molecule has 0 aliphatic heterocycles. The molecule has 0 saturated carbocycles. The molecular formula is C17H18O6. The van der Waals surface area contributed by atoms with Crippen LogP contribution >= 0.6 is 0 Å². The van der Waals surface area contributed by atoms with Crippen LogP contribution in [0.1, 0.15) is 15.9 Å². The summed E-state index contributed by atoms with van der Waals surface area (Å²) in [5.41, 5.74) is 0.844. The summed E-state index contributed by atoms with van der Waals surface area (Å²) in [6.07, 6.45) is 0. The molecule has 0 aliphatic rings. The highest BCUT2D eigenvalue weighted by atomic mass is 16.5. The number of carbonyl (C=O) groups is 1. The fourth-order valence-electron chi connectivity index (χ4n) is 2.16. The second-order valence-corrected chi connectivity index (χ2v) is 4.60. The summed E-state index contributed by atoms with van der Waals surface area (Å²) in [4.78, 5) is 11.5. The van der Waals surface area contributed by atoms with Gasteiger partial charge in [0, 0.05) is 6.07 Å². The number of methoxy groups -OCH3 is 3. The molecule has 0 bridgehead atoms. The van der Waals surface area contributed by atoms with Crippen molar-refractivity contribution in [3.63, 3.8) is 0 Å². The van der Waals surface area contributed by atoms with E-state index in [-0.39, 0.29) is 35.2 Å². The third-order valence-corrected chi connectivity index (χ3v) is 3.24. The molecular weight excluding hydrogens is 300 g/mol. The van der Waals surface area contributed by atoms with Gasteiger partial charge < -0.3 is 24.1 Å². The van der Waals surface area contributed by atoms with Crippen LogP contribution in [0.3, 0.4) is 0 Å². The monoisotopic (exact) mass is 318 g/mol. The lowest BCUT2D eigenvalue weighted by Gasteiger charge is -2.18. The van der Waals surface area contributed by atoms with Crippen LogP contribution in [0.15, 0.2) is 36.4 Å². The van der Waals surface area contributed by atoms with E-state index in [1.54, 1.807) is 0 Å². The lowest BCUT2D eigenvalue weighted by Crippen LogP contribution is -2.07. The van der Waals surface area contributed by atoms with Crippen LogP contribution in [0.25, 0.3) is 0 Å². The van der Waals surface area contributed by atoms with Crippen LogP contribution in [0.5, 0.6) is 23.0 Å². The molecule has 0 saturated heterocycles. The maximum absolute atomic E-state index is 11.5. The highest BCUT2D eigenvalue weighted by Crippen LogP contribution is 2.46. The summed E-state index contributed by atoms with van der Waals surface area (Å²) in [5, 5.41) is 9.43. The molecule has 0 amide bonds. The fraction of sp³-hybridized carbons (Fsp3) is 0.235. The van der Waals surface area contributed by atoms with Crippen molar-refractivity contribution in [3.05, 3.63) is 47.5 Å². The summed E-state index contributed by atoms with van der Waals surface area (Å²) in [7, 11) is 4.29. The molecule has 2 aromatic rings. The lowest BCUT2D eigenvalue weighted by molar-refractivity contribution is 0.0690. The zero-order valence-corrected chi connectivity index (χ0v) is 13.2. The predicted molar refractivity (Wildman–Crippen MR) is 83.8 cm³/mol. The van der Waals surface area contributed by atoms with Gasteiger partial charge in [-0.05, 0) is 5.56 Å². The predicted octanol–water partition coefficient (Wildman–Crippen LogP) is 2.99. The highest BCUT2D eigenvalue weighted by molar-refractivity contribution is 5.93. The number of hydrogen-bond acceptors (Lipinski definition) is 5. The highest BCUT2D eigenvalue weighted by Gasteiger charge is 2.25. The van der Waals surface area contributed by atoms with Gasteiger partial charge >= 0.3 is 5.97 Å². The Bertz CT molecular complexity index is 681. The Hall–Kier alpha value is -2.89. The summed E-state index contributed by atoms with van der Waals surface area (Å²) < 4.78 is 21.4. The molecule has 0 spiro atoms. The zero-order valence-electron chi connectivity index (χ0n) is 13.2. The third kappa shape index (κ3) is 3.48. The topological polar surface area (TPSA) is 74.2 Å². The molecule has 6 nitrogen and oxygen atoms in total. The third-order valence-electron chi connectivity index (χ3n) is 3.24. The van der Waals surface area contributed by atoms with E-state index in [2.05, 4.69) is 0 Å². The van der Waals surface area contributed by atoms with E-state index in [4.69, 9.17) is 18.9 Å². The molecule has 0 fully saturated rings. The molecule has 0 heterocycles. The number of carboxylic acid groups (broad SMARTS) is 1. The maximum Gasteiger partial charge on any atom is 0.339 e. The lowest BCUT2D eigenvalue weighted by atomic mass is 10.1. The van der Waals surface area contributed by atoms with Crippen molar-refractivity contribution in [3.8, 4) is 23.0 Å². The molecule has 2 aromatic carbocycles. The van der Waals surface area contributed by atoms with Gasteiger partial charge in [-0.2, -0.15) is 0 Å². The van der Waals surface area contributed by atoms with Crippen molar-refractivity contribution in [2.24, 2.45) is 0 Å². The van der Waals surface area contributed by atoms with Crippen molar-refractivity contribution >= 4 is 5.97 Å². The Kier molecular flexibility index (Phi) is 5.30. The molecule has 0 unspecified atom stereocenters. The summed E-state index contributed by atoms with van der Waals surface area (Å²) in [6, 6.07) is 10.8. The first kappa shape index (κ1) is 16.5. The quantitative estimate of drug-likeness (QED) is 0.846.